The standard InChI is InChI=1S/C12H26N2.C5H10/c1-3-4-5-6-7-8-14-11-9-13(2)10-12-14;1-5-3-2-4-5/h3-12H2,1-2H3;5H,2-4H2,1H3. The summed E-state index contributed by atoms with van der Waals surface area (Å²) in [7, 11) is 2.22. The van der Waals surface area contributed by atoms with Gasteiger partial charge in [0.15, 0.2) is 0 Å². The van der Waals surface area contributed by atoms with Crippen molar-refractivity contribution < 1.29 is 0 Å². The Hall–Kier alpha value is -0.0800. The first-order chi connectivity index (χ1) is 9.22. The molecule has 19 heavy (non-hydrogen) atoms. The van der Waals surface area contributed by atoms with Crippen molar-refractivity contribution in [2.45, 2.75) is 65.2 Å². The summed E-state index contributed by atoms with van der Waals surface area (Å²) in [4.78, 5) is 5.04. The molecule has 114 valence electrons. The summed E-state index contributed by atoms with van der Waals surface area (Å²) in [6.07, 6.45) is 11.5. The van der Waals surface area contributed by atoms with Gasteiger partial charge in [-0.05, 0) is 25.9 Å². The summed E-state index contributed by atoms with van der Waals surface area (Å²) in [5, 5.41) is 0. The van der Waals surface area contributed by atoms with Crippen LogP contribution < -0.4 is 0 Å². The SMILES string of the molecule is CC1CCC1.CCCCCCCN1CCN(C)CC1. The lowest BCUT2D eigenvalue weighted by atomic mass is 9.88. The van der Waals surface area contributed by atoms with Crippen molar-refractivity contribution in [2.24, 2.45) is 5.92 Å². The van der Waals surface area contributed by atoms with E-state index >= 15 is 0 Å². The number of hydrogen-bond donors (Lipinski definition) is 0. The van der Waals surface area contributed by atoms with E-state index < -0.39 is 0 Å². The van der Waals surface area contributed by atoms with Gasteiger partial charge in [-0.15, -0.1) is 0 Å². The summed E-state index contributed by atoms with van der Waals surface area (Å²) >= 11 is 0. The molecule has 0 atom stereocenters. The predicted octanol–water partition coefficient (Wildman–Crippen LogP) is 4.01. The minimum absolute atomic E-state index is 1.06. The Morgan fingerprint density at radius 2 is 1.47 bits per heavy atom. The highest BCUT2D eigenvalue weighted by atomic mass is 15.2. The van der Waals surface area contributed by atoms with Gasteiger partial charge >= 0.3 is 0 Å². The van der Waals surface area contributed by atoms with Crippen LogP contribution in [-0.4, -0.2) is 49.6 Å². The van der Waals surface area contributed by atoms with Gasteiger partial charge in [0.2, 0.25) is 0 Å². The first kappa shape index (κ1) is 17.0. The van der Waals surface area contributed by atoms with Crippen molar-refractivity contribution in [3.8, 4) is 0 Å². The fraction of sp³-hybridized carbons (Fsp3) is 1.00. The molecule has 0 bridgehead atoms. The van der Waals surface area contributed by atoms with Crippen LogP contribution in [0.3, 0.4) is 0 Å². The second kappa shape index (κ2) is 10.7. The molecule has 0 aromatic rings. The molecule has 0 unspecified atom stereocenters. The molecule has 0 aromatic carbocycles. The smallest absolute Gasteiger partial charge is 0.0110 e. The first-order valence-corrected chi connectivity index (χ1v) is 8.63. The van der Waals surface area contributed by atoms with E-state index in [1.54, 1.807) is 0 Å². The summed E-state index contributed by atoms with van der Waals surface area (Å²) in [5.74, 6) is 1.06. The van der Waals surface area contributed by atoms with Crippen LogP contribution in [0.5, 0.6) is 0 Å². The molecule has 2 fully saturated rings. The minimum atomic E-state index is 1.06. The lowest BCUT2D eigenvalue weighted by molar-refractivity contribution is 0.152. The molecule has 0 N–H and O–H groups in total. The molecule has 1 aliphatic heterocycles. The summed E-state index contributed by atoms with van der Waals surface area (Å²) < 4.78 is 0. The van der Waals surface area contributed by atoms with Gasteiger partial charge < -0.3 is 9.80 Å². The molecule has 2 heteroatoms. The fourth-order valence-corrected chi connectivity index (χ4v) is 2.62. The maximum absolute atomic E-state index is 2.62. The predicted molar refractivity (Wildman–Crippen MR) is 85.7 cm³/mol. The molecule has 1 aliphatic carbocycles. The van der Waals surface area contributed by atoms with E-state index in [9.17, 15) is 0 Å². The van der Waals surface area contributed by atoms with E-state index in [4.69, 9.17) is 0 Å². The van der Waals surface area contributed by atoms with E-state index in [0.717, 1.165) is 5.92 Å². The van der Waals surface area contributed by atoms with Gasteiger partial charge in [0.05, 0.1) is 0 Å². The lowest BCUT2D eigenvalue weighted by Crippen LogP contribution is -2.44. The Labute approximate surface area is 121 Å². The van der Waals surface area contributed by atoms with Crippen LogP contribution in [0.2, 0.25) is 0 Å². The average Bonchev–Trinajstić information content (AvgIpc) is 2.39. The summed E-state index contributed by atoms with van der Waals surface area (Å²) in [6, 6.07) is 0. The van der Waals surface area contributed by atoms with Crippen molar-refractivity contribution in [1.29, 1.82) is 0 Å². The zero-order valence-electron chi connectivity index (χ0n) is 13.7. The van der Waals surface area contributed by atoms with Crippen molar-refractivity contribution in [3.05, 3.63) is 0 Å². The number of likely N-dealkylation sites (N-methyl/N-ethyl adjacent to an activating group) is 1. The number of hydrogen-bond acceptors (Lipinski definition) is 2. The Bertz CT molecular complexity index is 193. The molecule has 2 aliphatic rings. The Balaban J connectivity index is 0.000000300. The van der Waals surface area contributed by atoms with Crippen LogP contribution in [0.4, 0.5) is 0 Å². The maximum Gasteiger partial charge on any atom is 0.0110 e. The van der Waals surface area contributed by atoms with Gasteiger partial charge in [-0.1, -0.05) is 58.8 Å². The van der Waals surface area contributed by atoms with Crippen molar-refractivity contribution in [3.63, 3.8) is 0 Å². The fourth-order valence-electron chi connectivity index (χ4n) is 2.62. The third kappa shape index (κ3) is 8.65. The van der Waals surface area contributed by atoms with E-state index in [-0.39, 0.29) is 0 Å². The van der Waals surface area contributed by atoms with Crippen molar-refractivity contribution in [2.75, 3.05) is 39.8 Å². The summed E-state index contributed by atoms with van der Waals surface area (Å²) in [5.41, 5.74) is 0. The van der Waals surface area contributed by atoms with Crippen LogP contribution in [0.15, 0.2) is 0 Å². The maximum atomic E-state index is 2.62. The van der Waals surface area contributed by atoms with Crippen molar-refractivity contribution >= 4 is 0 Å². The molecule has 0 aromatic heterocycles. The van der Waals surface area contributed by atoms with Crippen LogP contribution in [0.25, 0.3) is 0 Å². The number of unbranched alkanes of at least 4 members (excludes halogenated alkanes) is 4. The summed E-state index contributed by atoms with van der Waals surface area (Å²) in [6.45, 7) is 11.0. The number of piperazine rings is 1. The lowest BCUT2D eigenvalue weighted by Gasteiger charge is -2.32. The molecule has 1 heterocycles. The highest BCUT2D eigenvalue weighted by molar-refractivity contribution is 4.68. The normalized spacial score (nSPS) is 21.6. The van der Waals surface area contributed by atoms with E-state index in [1.807, 2.05) is 0 Å². The van der Waals surface area contributed by atoms with Crippen LogP contribution in [0.1, 0.15) is 65.2 Å². The topological polar surface area (TPSA) is 6.48 Å². The first-order valence-electron chi connectivity index (χ1n) is 8.63. The molecule has 0 radical (unpaired) electrons. The van der Waals surface area contributed by atoms with Gasteiger partial charge in [0.1, 0.15) is 0 Å². The third-order valence-corrected chi connectivity index (χ3v) is 4.57. The third-order valence-electron chi connectivity index (χ3n) is 4.57. The van der Waals surface area contributed by atoms with Gasteiger partial charge in [0.25, 0.3) is 0 Å². The van der Waals surface area contributed by atoms with E-state index in [0.29, 0.717) is 0 Å². The molecule has 1 saturated heterocycles. The van der Waals surface area contributed by atoms with E-state index in [1.165, 1.54) is 84.1 Å². The van der Waals surface area contributed by atoms with Crippen LogP contribution in [-0.2, 0) is 0 Å². The molecule has 2 rings (SSSR count). The monoisotopic (exact) mass is 268 g/mol. The Morgan fingerprint density at radius 3 is 1.95 bits per heavy atom. The second-order valence-corrected chi connectivity index (χ2v) is 6.60. The van der Waals surface area contributed by atoms with Gasteiger partial charge in [-0.2, -0.15) is 0 Å². The minimum Gasteiger partial charge on any atom is -0.304 e. The molecular formula is C17H36N2. The quantitative estimate of drug-likeness (QED) is 0.672. The zero-order chi connectivity index (χ0) is 13.9. The van der Waals surface area contributed by atoms with Gasteiger partial charge in [0, 0.05) is 26.2 Å². The second-order valence-electron chi connectivity index (χ2n) is 6.60. The highest BCUT2D eigenvalue weighted by Gasteiger charge is 2.12. The highest BCUT2D eigenvalue weighted by Crippen LogP contribution is 2.24. The Morgan fingerprint density at radius 1 is 0.895 bits per heavy atom. The molecule has 2 nitrogen and oxygen atoms in total. The molecule has 0 amide bonds. The number of nitrogens with zero attached hydrogens (tertiary/aromatic N) is 2. The van der Waals surface area contributed by atoms with Crippen LogP contribution >= 0.6 is 0 Å². The zero-order valence-corrected chi connectivity index (χ0v) is 13.7. The number of rotatable bonds is 6. The molecular weight excluding hydrogens is 232 g/mol. The van der Waals surface area contributed by atoms with Crippen molar-refractivity contribution in [1.82, 2.24) is 9.80 Å². The largest absolute Gasteiger partial charge is 0.304 e. The molecule has 0 spiro atoms. The average molecular weight is 268 g/mol. The van der Waals surface area contributed by atoms with E-state index in [2.05, 4.69) is 30.7 Å². The van der Waals surface area contributed by atoms with Gasteiger partial charge in [-0.25, -0.2) is 0 Å². The Kier molecular flexibility index (Phi) is 9.54. The van der Waals surface area contributed by atoms with Gasteiger partial charge in [-0.3, -0.25) is 0 Å². The van der Waals surface area contributed by atoms with Crippen LogP contribution in [0, 0.1) is 5.92 Å². The molecule has 1 saturated carbocycles.